The van der Waals surface area contributed by atoms with E-state index in [9.17, 15) is 13.2 Å². The van der Waals surface area contributed by atoms with Crippen molar-refractivity contribution in [3.63, 3.8) is 0 Å². The van der Waals surface area contributed by atoms with Crippen molar-refractivity contribution in [3.05, 3.63) is 42.9 Å². The number of hydrogen-bond acceptors (Lipinski definition) is 6. The maximum Gasteiger partial charge on any atom is 0.573 e. The zero-order chi connectivity index (χ0) is 22.3. The highest BCUT2D eigenvalue weighted by Gasteiger charge is 2.31. The van der Waals surface area contributed by atoms with Crippen LogP contribution in [0.15, 0.2) is 42.9 Å². The molecule has 4 aromatic rings. The van der Waals surface area contributed by atoms with E-state index >= 15 is 0 Å². The van der Waals surface area contributed by atoms with E-state index in [2.05, 4.69) is 30.1 Å². The van der Waals surface area contributed by atoms with E-state index in [1.165, 1.54) is 18.2 Å². The molecule has 4 N–H and O–H groups in total. The zero-order valence-electron chi connectivity index (χ0n) is 16.9. The topological polar surface area (TPSA) is 107 Å². The Morgan fingerprint density at radius 1 is 1.09 bits per heavy atom. The van der Waals surface area contributed by atoms with Crippen LogP contribution >= 0.6 is 0 Å². The molecule has 1 aromatic carbocycles. The standard InChI is InChI=1S/C21H20F3N7O/c22-21(23,24)32-15-1-2-17-18(8-15)30-20(29-17)16-7-12(9-27-19(16)25)13-10-28-31(11-13)14-3-5-26-6-4-14/h1-2,7-11,14,26H,3-6H2,(H2,25,27)(H,29,30). The first kappa shape index (κ1) is 20.3. The van der Waals surface area contributed by atoms with Crippen LogP contribution in [0.25, 0.3) is 33.5 Å². The summed E-state index contributed by atoms with van der Waals surface area (Å²) in [5, 5.41) is 7.86. The van der Waals surface area contributed by atoms with Gasteiger partial charge >= 0.3 is 6.36 Å². The van der Waals surface area contributed by atoms with Crippen LogP contribution in [0, 0.1) is 0 Å². The lowest BCUT2D eigenvalue weighted by atomic mass is 10.1. The Hall–Kier alpha value is -3.60. The van der Waals surface area contributed by atoms with Crippen molar-refractivity contribution in [2.24, 2.45) is 0 Å². The Balaban J connectivity index is 1.46. The van der Waals surface area contributed by atoms with E-state index in [0.29, 0.717) is 28.5 Å². The average Bonchev–Trinajstić information content (AvgIpc) is 3.41. The fourth-order valence-corrected chi connectivity index (χ4v) is 3.89. The minimum Gasteiger partial charge on any atom is -0.406 e. The molecule has 4 heterocycles. The van der Waals surface area contributed by atoms with Crippen LogP contribution < -0.4 is 15.8 Å². The van der Waals surface area contributed by atoms with Crippen molar-refractivity contribution in [1.82, 2.24) is 30.0 Å². The quantitative estimate of drug-likeness (QED) is 0.442. The molecule has 0 aliphatic carbocycles. The maximum atomic E-state index is 12.5. The summed E-state index contributed by atoms with van der Waals surface area (Å²) in [6, 6.07) is 6.11. The number of rotatable bonds is 4. The number of H-pyrrole nitrogens is 1. The first-order valence-corrected chi connectivity index (χ1v) is 10.1. The SMILES string of the molecule is Nc1ncc(-c2cnn(C3CCNCC3)c2)cc1-c1nc2ccc(OC(F)(F)F)cc2[nH]1. The van der Waals surface area contributed by atoms with E-state index in [0.717, 1.165) is 37.1 Å². The second kappa shape index (κ2) is 7.83. The smallest absolute Gasteiger partial charge is 0.406 e. The molecule has 0 saturated carbocycles. The molecular weight excluding hydrogens is 423 g/mol. The minimum atomic E-state index is -4.77. The summed E-state index contributed by atoms with van der Waals surface area (Å²) in [6.45, 7) is 1.93. The molecule has 3 aromatic heterocycles. The first-order valence-electron chi connectivity index (χ1n) is 10.1. The third-order valence-corrected chi connectivity index (χ3v) is 5.48. The number of imidazole rings is 1. The van der Waals surface area contributed by atoms with Crippen LogP contribution in [-0.2, 0) is 0 Å². The van der Waals surface area contributed by atoms with Gasteiger partial charge in [-0.15, -0.1) is 13.2 Å². The van der Waals surface area contributed by atoms with Gasteiger partial charge in [-0.2, -0.15) is 5.10 Å². The van der Waals surface area contributed by atoms with Crippen molar-refractivity contribution >= 4 is 16.9 Å². The van der Waals surface area contributed by atoms with E-state index in [1.54, 1.807) is 12.4 Å². The first-order chi connectivity index (χ1) is 15.4. The number of hydrogen-bond donors (Lipinski definition) is 3. The minimum absolute atomic E-state index is 0.255. The third-order valence-electron chi connectivity index (χ3n) is 5.48. The van der Waals surface area contributed by atoms with E-state index in [-0.39, 0.29) is 11.6 Å². The molecule has 8 nitrogen and oxygen atoms in total. The fraction of sp³-hybridized carbons (Fsp3) is 0.286. The largest absolute Gasteiger partial charge is 0.573 e. The van der Waals surface area contributed by atoms with Gasteiger partial charge in [-0.3, -0.25) is 4.68 Å². The van der Waals surface area contributed by atoms with Crippen LogP contribution in [0.5, 0.6) is 5.75 Å². The average molecular weight is 443 g/mol. The van der Waals surface area contributed by atoms with E-state index < -0.39 is 6.36 Å². The summed E-state index contributed by atoms with van der Waals surface area (Å²) < 4.78 is 43.5. The van der Waals surface area contributed by atoms with Gasteiger partial charge in [-0.05, 0) is 44.1 Å². The van der Waals surface area contributed by atoms with Crippen molar-refractivity contribution in [1.29, 1.82) is 0 Å². The molecule has 11 heteroatoms. The lowest BCUT2D eigenvalue weighted by Crippen LogP contribution is -2.29. The molecule has 5 rings (SSSR count). The van der Waals surface area contributed by atoms with Crippen molar-refractivity contribution < 1.29 is 17.9 Å². The van der Waals surface area contributed by atoms with Gasteiger partial charge in [-0.25, -0.2) is 9.97 Å². The number of aromatic amines is 1. The number of anilines is 1. The monoisotopic (exact) mass is 443 g/mol. The van der Waals surface area contributed by atoms with Crippen LogP contribution in [0.1, 0.15) is 18.9 Å². The molecule has 0 amide bonds. The van der Waals surface area contributed by atoms with Crippen LogP contribution in [0.3, 0.4) is 0 Å². The Bertz CT molecular complexity index is 1260. The molecule has 1 aliphatic rings. The molecule has 0 unspecified atom stereocenters. The third kappa shape index (κ3) is 4.11. The lowest BCUT2D eigenvalue weighted by Gasteiger charge is -2.22. The number of benzene rings is 1. The second-order valence-electron chi connectivity index (χ2n) is 7.66. The number of pyridine rings is 1. The number of fused-ring (bicyclic) bond motifs is 1. The summed E-state index contributed by atoms with van der Waals surface area (Å²) in [4.78, 5) is 11.7. The van der Waals surface area contributed by atoms with Gasteiger partial charge in [0.2, 0.25) is 0 Å². The Labute approximate surface area is 180 Å². The lowest BCUT2D eigenvalue weighted by molar-refractivity contribution is -0.274. The van der Waals surface area contributed by atoms with Crippen molar-refractivity contribution in [3.8, 4) is 28.3 Å². The molecule has 1 saturated heterocycles. The van der Waals surface area contributed by atoms with Gasteiger partial charge in [0, 0.05) is 29.6 Å². The normalized spacial score (nSPS) is 15.3. The van der Waals surface area contributed by atoms with Gasteiger partial charge in [0.1, 0.15) is 17.4 Å². The number of ether oxygens (including phenoxy) is 1. The Morgan fingerprint density at radius 2 is 1.91 bits per heavy atom. The highest BCUT2D eigenvalue weighted by Crippen LogP contribution is 2.32. The van der Waals surface area contributed by atoms with Crippen LogP contribution in [0.2, 0.25) is 0 Å². The van der Waals surface area contributed by atoms with Gasteiger partial charge < -0.3 is 20.8 Å². The predicted molar refractivity (Wildman–Crippen MR) is 113 cm³/mol. The van der Waals surface area contributed by atoms with Crippen LogP contribution in [0.4, 0.5) is 19.0 Å². The number of alkyl halides is 3. The van der Waals surface area contributed by atoms with E-state index in [4.69, 9.17) is 5.73 Å². The molecule has 0 spiro atoms. The molecule has 1 aliphatic heterocycles. The predicted octanol–water partition coefficient (Wildman–Crippen LogP) is 3.89. The number of piperidine rings is 1. The molecular formula is C21H20F3N7O. The second-order valence-corrected chi connectivity index (χ2v) is 7.66. The van der Waals surface area contributed by atoms with Gasteiger partial charge in [-0.1, -0.05) is 0 Å². The van der Waals surface area contributed by atoms with Crippen molar-refractivity contribution in [2.75, 3.05) is 18.8 Å². The number of nitrogens with zero attached hydrogens (tertiary/aromatic N) is 4. The fourth-order valence-electron chi connectivity index (χ4n) is 3.89. The van der Waals surface area contributed by atoms with E-state index in [1.807, 2.05) is 16.9 Å². The van der Waals surface area contributed by atoms with Gasteiger partial charge in [0.05, 0.1) is 28.8 Å². The number of nitrogen functional groups attached to an aromatic ring is 1. The number of halogens is 3. The molecule has 0 bridgehead atoms. The molecule has 0 atom stereocenters. The molecule has 1 fully saturated rings. The van der Waals surface area contributed by atoms with Crippen molar-refractivity contribution in [2.45, 2.75) is 25.2 Å². The number of nitrogens with one attached hydrogen (secondary N) is 2. The molecule has 166 valence electrons. The molecule has 0 radical (unpaired) electrons. The number of nitrogens with two attached hydrogens (primary N) is 1. The highest BCUT2D eigenvalue weighted by molar-refractivity contribution is 5.84. The van der Waals surface area contributed by atoms with Gasteiger partial charge in [0.25, 0.3) is 0 Å². The number of aromatic nitrogens is 5. The van der Waals surface area contributed by atoms with Crippen LogP contribution in [-0.4, -0.2) is 44.2 Å². The summed E-state index contributed by atoms with van der Waals surface area (Å²) in [5.41, 5.74) is 9.22. The summed E-state index contributed by atoms with van der Waals surface area (Å²) in [6.07, 6.45) is 2.72. The Morgan fingerprint density at radius 3 is 2.69 bits per heavy atom. The summed E-state index contributed by atoms with van der Waals surface area (Å²) >= 11 is 0. The highest BCUT2D eigenvalue weighted by atomic mass is 19.4. The zero-order valence-corrected chi connectivity index (χ0v) is 16.9. The summed E-state index contributed by atoms with van der Waals surface area (Å²) in [7, 11) is 0. The Kier molecular flexibility index (Phi) is 4.97. The maximum absolute atomic E-state index is 12.5. The van der Waals surface area contributed by atoms with Gasteiger partial charge in [0.15, 0.2) is 0 Å². The summed E-state index contributed by atoms with van der Waals surface area (Å²) in [5.74, 6) is 0.331. The molecule has 32 heavy (non-hydrogen) atoms.